The van der Waals surface area contributed by atoms with E-state index in [1.165, 1.54) is 11.9 Å². The molecule has 2 aromatic rings. The third-order valence-corrected chi connectivity index (χ3v) is 1.92. The molecule has 0 aliphatic rings. The van der Waals surface area contributed by atoms with Gasteiger partial charge in [-0.15, -0.1) is 0 Å². The van der Waals surface area contributed by atoms with E-state index in [-0.39, 0.29) is 0 Å². The van der Waals surface area contributed by atoms with Crippen LogP contribution in [0.5, 0.6) is 0 Å². The lowest BCUT2D eigenvalue weighted by Gasteiger charge is -2.00. The van der Waals surface area contributed by atoms with Crippen molar-refractivity contribution in [3.8, 4) is 0 Å². The van der Waals surface area contributed by atoms with Crippen molar-refractivity contribution in [2.24, 2.45) is 4.99 Å². The van der Waals surface area contributed by atoms with Crippen LogP contribution in [0.2, 0.25) is 0 Å². The van der Waals surface area contributed by atoms with E-state index in [1.54, 1.807) is 0 Å². The molecule has 0 radical (unpaired) electrons. The molecule has 0 amide bonds. The number of hydrogen-bond donors (Lipinski definition) is 0. The Balaban J connectivity index is 2.86. The van der Waals surface area contributed by atoms with Gasteiger partial charge in [0.15, 0.2) is 5.82 Å². The van der Waals surface area contributed by atoms with Crippen LogP contribution >= 0.6 is 0 Å². The van der Waals surface area contributed by atoms with Crippen molar-refractivity contribution in [2.75, 3.05) is 0 Å². The lowest BCUT2D eigenvalue weighted by atomic mass is 10.1. The van der Waals surface area contributed by atoms with Crippen LogP contribution in [-0.2, 0) is 0 Å². The Labute approximate surface area is 76.2 Å². The zero-order chi connectivity index (χ0) is 9.26. The van der Waals surface area contributed by atoms with Crippen LogP contribution in [0.25, 0.3) is 10.9 Å². The normalized spacial score (nSPS) is 10.2. The molecular weight excluding hydrogens is 162 g/mol. The van der Waals surface area contributed by atoms with E-state index in [0.29, 0.717) is 5.82 Å². The second-order valence-electron chi connectivity index (χ2n) is 2.88. The summed E-state index contributed by atoms with van der Waals surface area (Å²) in [5.41, 5.74) is 2.08. The molecule has 0 fully saturated rings. The fourth-order valence-corrected chi connectivity index (χ4v) is 1.28. The molecule has 1 heterocycles. The summed E-state index contributed by atoms with van der Waals surface area (Å²) in [6.07, 6.45) is 1.50. The minimum Gasteiger partial charge on any atom is -0.244 e. The molecule has 0 atom stereocenters. The highest BCUT2D eigenvalue weighted by molar-refractivity contribution is 5.88. The lowest BCUT2D eigenvalue weighted by molar-refractivity contribution is 1.20. The van der Waals surface area contributed by atoms with Gasteiger partial charge in [0, 0.05) is 5.39 Å². The standard InChI is InChI=1S/C10H9N3/c1-7-3-4-9-8(5-7)10(11-2)13-6-12-9/h3-6H,2H2,1H3. The predicted molar refractivity (Wildman–Crippen MR) is 53.5 cm³/mol. The van der Waals surface area contributed by atoms with Crippen LogP contribution < -0.4 is 0 Å². The number of rotatable bonds is 1. The first-order chi connectivity index (χ1) is 6.31. The minimum absolute atomic E-state index is 0.647. The topological polar surface area (TPSA) is 38.1 Å². The maximum atomic E-state index is 4.13. The van der Waals surface area contributed by atoms with E-state index in [4.69, 9.17) is 0 Å². The summed E-state index contributed by atoms with van der Waals surface area (Å²) in [5.74, 6) is 0.647. The largest absolute Gasteiger partial charge is 0.244 e. The van der Waals surface area contributed by atoms with E-state index in [9.17, 15) is 0 Å². The molecule has 0 saturated heterocycles. The Morgan fingerprint density at radius 3 is 2.92 bits per heavy atom. The maximum absolute atomic E-state index is 4.13. The number of aryl methyl sites for hydroxylation is 1. The molecule has 13 heavy (non-hydrogen) atoms. The van der Waals surface area contributed by atoms with Gasteiger partial charge in [0.05, 0.1) is 5.52 Å². The van der Waals surface area contributed by atoms with Crippen molar-refractivity contribution in [2.45, 2.75) is 6.92 Å². The van der Waals surface area contributed by atoms with Crippen LogP contribution in [0.15, 0.2) is 29.5 Å². The average molecular weight is 171 g/mol. The van der Waals surface area contributed by atoms with Gasteiger partial charge in [0.1, 0.15) is 6.33 Å². The molecular formula is C10H9N3. The van der Waals surface area contributed by atoms with Crippen molar-refractivity contribution in [3.63, 3.8) is 0 Å². The van der Waals surface area contributed by atoms with Gasteiger partial charge in [-0.1, -0.05) is 11.6 Å². The quantitative estimate of drug-likeness (QED) is 0.617. The maximum Gasteiger partial charge on any atom is 0.162 e. The molecule has 1 aromatic heterocycles. The summed E-state index contributed by atoms with van der Waals surface area (Å²) in [6.45, 7) is 5.50. The molecule has 0 aliphatic heterocycles. The Morgan fingerprint density at radius 2 is 2.15 bits per heavy atom. The third kappa shape index (κ3) is 1.28. The van der Waals surface area contributed by atoms with E-state index in [0.717, 1.165) is 10.9 Å². The third-order valence-electron chi connectivity index (χ3n) is 1.92. The Morgan fingerprint density at radius 1 is 1.31 bits per heavy atom. The van der Waals surface area contributed by atoms with E-state index < -0.39 is 0 Å². The summed E-state index contributed by atoms with van der Waals surface area (Å²) in [6, 6.07) is 5.99. The van der Waals surface area contributed by atoms with Crippen LogP contribution in [-0.4, -0.2) is 16.7 Å². The second-order valence-corrected chi connectivity index (χ2v) is 2.88. The van der Waals surface area contributed by atoms with Crippen molar-refractivity contribution in [3.05, 3.63) is 30.1 Å². The smallest absolute Gasteiger partial charge is 0.162 e. The molecule has 0 unspecified atom stereocenters. The first kappa shape index (κ1) is 7.86. The van der Waals surface area contributed by atoms with E-state index in [1.807, 2.05) is 25.1 Å². The fourth-order valence-electron chi connectivity index (χ4n) is 1.28. The molecule has 0 saturated carbocycles. The SMILES string of the molecule is C=Nc1ncnc2ccc(C)cc12. The van der Waals surface area contributed by atoms with E-state index >= 15 is 0 Å². The molecule has 64 valence electrons. The average Bonchev–Trinajstić information content (AvgIpc) is 2.17. The number of benzene rings is 1. The molecule has 0 aliphatic carbocycles. The first-order valence-corrected chi connectivity index (χ1v) is 3.99. The second kappa shape index (κ2) is 2.94. The van der Waals surface area contributed by atoms with Crippen molar-refractivity contribution < 1.29 is 0 Å². The molecule has 0 N–H and O–H groups in total. The molecule has 0 bridgehead atoms. The van der Waals surface area contributed by atoms with Gasteiger partial charge in [0.25, 0.3) is 0 Å². The zero-order valence-corrected chi connectivity index (χ0v) is 7.36. The van der Waals surface area contributed by atoms with Gasteiger partial charge in [0.2, 0.25) is 0 Å². The summed E-state index contributed by atoms with van der Waals surface area (Å²) in [7, 11) is 0. The molecule has 2 rings (SSSR count). The van der Waals surface area contributed by atoms with Crippen LogP contribution in [0, 0.1) is 6.92 Å². The molecule has 3 heteroatoms. The van der Waals surface area contributed by atoms with Gasteiger partial charge in [-0.3, -0.25) is 0 Å². The summed E-state index contributed by atoms with van der Waals surface area (Å²) in [5, 5.41) is 0.956. The van der Waals surface area contributed by atoms with Crippen LogP contribution in [0.3, 0.4) is 0 Å². The number of aliphatic imine (C=N–C) groups is 1. The zero-order valence-electron chi connectivity index (χ0n) is 7.36. The van der Waals surface area contributed by atoms with E-state index in [2.05, 4.69) is 21.7 Å². The highest BCUT2D eigenvalue weighted by atomic mass is 14.9. The van der Waals surface area contributed by atoms with Gasteiger partial charge in [-0.05, 0) is 25.8 Å². The Hall–Kier alpha value is -1.77. The van der Waals surface area contributed by atoms with Crippen molar-refractivity contribution >= 4 is 23.4 Å². The lowest BCUT2D eigenvalue weighted by Crippen LogP contribution is -1.83. The number of nitrogens with zero attached hydrogens (tertiary/aromatic N) is 3. The Kier molecular flexibility index (Phi) is 1.77. The van der Waals surface area contributed by atoms with Gasteiger partial charge in [-0.2, -0.15) is 0 Å². The van der Waals surface area contributed by atoms with Crippen molar-refractivity contribution in [1.29, 1.82) is 0 Å². The molecule has 1 aromatic carbocycles. The predicted octanol–water partition coefficient (Wildman–Crippen LogP) is 2.27. The number of fused-ring (bicyclic) bond motifs is 1. The van der Waals surface area contributed by atoms with Gasteiger partial charge >= 0.3 is 0 Å². The number of aromatic nitrogens is 2. The van der Waals surface area contributed by atoms with Gasteiger partial charge < -0.3 is 0 Å². The van der Waals surface area contributed by atoms with Crippen molar-refractivity contribution in [1.82, 2.24) is 9.97 Å². The first-order valence-electron chi connectivity index (χ1n) is 3.99. The molecule has 0 spiro atoms. The summed E-state index contributed by atoms with van der Waals surface area (Å²) in [4.78, 5) is 12.0. The Bertz CT molecular complexity index is 463. The summed E-state index contributed by atoms with van der Waals surface area (Å²) >= 11 is 0. The number of hydrogen-bond acceptors (Lipinski definition) is 3. The van der Waals surface area contributed by atoms with Gasteiger partial charge in [-0.25, -0.2) is 15.0 Å². The molecule has 3 nitrogen and oxygen atoms in total. The highest BCUT2D eigenvalue weighted by Gasteiger charge is 2.00. The summed E-state index contributed by atoms with van der Waals surface area (Å²) < 4.78 is 0. The fraction of sp³-hybridized carbons (Fsp3) is 0.100. The highest BCUT2D eigenvalue weighted by Crippen LogP contribution is 2.21. The van der Waals surface area contributed by atoms with Crippen LogP contribution in [0.4, 0.5) is 5.82 Å². The van der Waals surface area contributed by atoms with Crippen LogP contribution in [0.1, 0.15) is 5.56 Å². The minimum atomic E-state index is 0.647. The monoisotopic (exact) mass is 171 g/mol.